The van der Waals surface area contributed by atoms with Crippen molar-refractivity contribution < 1.29 is 30.0 Å². The Morgan fingerprint density at radius 1 is 1.16 bits per heavy atom. The summed E-state index contributed by atoms with van der Waals surface area (Å²) >= 11 is 3.05. The third-order valence-electron chi connectivity index (χ3n) is 4.08. The maximum absolute atomic E-state index is 12.9. The van der Waals surface area contributed by atoms with Crippen molar-refractivity contribution in [3.8, 4) is 0 Å². The number of alkyl halides is 3. The van der Waals surface area contributed by atoms with Crippen LogP contribution in [0.2, 0.25) is 0 Å². The van der Waals surface area contributed by atoms with Gasteiger partial charge in [0.2, 0.25) is 10.0 Å². The van der Waals surface area contributed by atoms with Crippen LogP contribution in [0.3, 0.4) is 0 Å². The molecular formula is C14H17BrF3NO4S2. The van der Waals surface area contributed by atoms with Crippen LogP contribution in [0.4, 0.5) is 13.2 Å². The number of hydrogen-bond donors (Lipinski definition) is 1. The van der Waals surface area contributed by atoms with E-state index < -0.39 is 38.0 Å². The molecule has 142 valence electrons. The van der Waals surface area contributed by atoms with E-state index in [1.54, 1.807) is 0 Å². The summed E-state index contributed by atoms with van der Waals surface area (Å²) in [6.07, 6.45) is -3.20. The van der Waals surface area contributed by atoms with Crippen molar-refractivity contribution in [3.63, 3.8) is 0 Å². The van der Waals surface area contributed by atoms with Crippen LogP contribution in [0.1, 0.15) is 25.7 Å². The SMILES string of the molecule is CS(=O)(=O)c1ccc(Br)c(S(=O)(=O)NC2CCCC(C(F)(F)F)C2)c1. The van der Waals surface area contributed by atoms with Crippen LogP contribution >= 0.6 is 15.9 Å². The van der Waals surface area contributed by atoms with Crippen LogP contribution in [0, 0.1) is 5.92 Å². The summed E-state index contributed by atoms with van der Waals surface area (Å²) in [6.45, 7) is 0. The number of sulfonamides is 1. The van der Waals surface area contributed by atoms with E-state index in [1.807, 2.05) is 0 Å². The number of sulfone groups is 1. The van der Waals surface area contributed by atoms with Gasteiger partial charge in [-0.15, -0.1) is 0 Å². The third kappa shape index (κ3) is 5.18. The molecule has 1 aliphatic carbocycles. The number of rotatable bonds is 4. The third-order valence-corrected chi connectivity index (χ3v) is 7.70. The van der Waals surface area contributed by atoms with E-state index in [4.69, 9.17) is 0 Å². The van der Waals surface area contributed by atoms with Crippen LogP contribution in [0.25, 0.3) is 0 Å². The molecule has 1 aliphatic rings. The summed E-state index contributed by atoms with van der Waals surface area (Å²) in [5.41, 5.74) is 0. The van der Waals surface area contributed by atoms with Gasteiger partial charge in [0, 0.05) is 16.8 Å². The van der Waals surface area contributed by atoms with Gasteiger partial charge in [0.15, 0.2) is 9.84 Å². The number of benzene rings is 1. The van der Waals surface area contributed by atoms with Gasteiger partial charge in [0.05, 0.1) is 15.7 Å². The molecule has 1 N–H and O–H groups in total. The fraction of sp³-hybridized carbons (Fsp3) is 0.571. The monoisotopic (exact) mass is 463 g/mol. The van der Waals surface area contributed by atoms with Gasteiger partial charge in [-0.3, -0.25) is 0 Å². The molecular weight excluding hydrogens is 447 g/mol. The number of hydrogen-bond acceptors (Lipinski definition) is 4. The fourth-order valence-corrected chi connectivity index (χ4v) is 5.79. The molecule has 0 spiro atoms. The average molecular weight is 464 g/mol. The lowest BCUT2D eigenvalue weighted by atomic mass is 9.86. The van der Waals surface area contributed by atoms with E-state index in [9.17, 15) is 30.0 Å². The fourth-order valence-electron chi connectivity index (χ4n) is 2.80. The van der Waals surface area contributed by atoms with Crippen LogP contribution in [-0.2, 0) is 19.9 Å². The highest BCUT2D eigenvalue weighted by Crippen LogP contribution is 2.38. The van der Waals surface area contributed by atoms with E-state index in [0.717, 1.165) is 12.3 Å². The Bertz CT molecular complexity index is 853. The second kappa shape index (κ2) is 7.16. The highest BCUT2D eigenvalue weighted by molar-refractivity contribution is 9.10. The first kappa shape index (κ1) is 20.7. The Morgan fingerprint density at radius 2 is 1.80 bits per heavy atom. The summed E-state index contributed by atoms with van der Waals surface area (Å²) < 4.78 is 89.3. The van der Waals surface area contributed by atoms with Crippen molar-refractivity contribution in [1.82, 2.24) is 4.72 Å². The first-order chi connectivity index (χ1) is 11.3. The van der Waals surface area contributed by atoms with Gasteiger partial charge in [0.1, 0.15) is 0 Å². The van der Waals surface area contributed by atoms with Crippen LogP contribution < -0.4 is 4.72 Å². The largest absolute Gasteiger partial charge is 0.391 e. The summed E-state index contributed by atoms with van der Waals surface area (Å²) in [7, 11) is -7.80. The van der Waals surface area contributed by atoms with Crippen molar-refractivity contribution in [2.45, 2.75) is 47.7 Å². The first-order valence-corrected chi connectivity index (χ1v) is 11.6. The molecule has 25 heavy (non-hydrogen) atoms. The van der Waals surface area contributed by atoms with Crippen molar-refractivity contribution in [3.05, 3.63) is 22.7 Å². The lowest BCUT2D eigenvalue weighted by Gasteiger charge is -2.30. The van der Waals surface area contributed by atoms with E-state index in [1.165, 1.54) is 12.1 Å². The van der Waals surface area contributed by atoms with Crippen molar-refractivity contribution in [1.29, 1.82) is 0 Å². The molecule has 0 saturated heterocycles. The Labute approximate surface area is 153 Å². The molecule has 0 amide bonds. The number of nitrogens with one attached hydrogen (secondary N) is 1. The molecule has 1 fully saturated rings. The minimum absolute atomic E-state index is 0.0189. The minimum Gasteiger partial charge on any atom is -0.224 e. The quantitative estimate of drug-likeness (QED) is 0.742. The summed E-state index contributed by atoms with van der Waals surface area (Å²) in [4.78, 5) is -0.502. The van der Waals surface area contributed by atoms with Crippen LogP contribution in [0.5, 0.6) is 0 Å². The maximum Gasteiger partial charge on any atom is 0.391 e. The average Bonchev–Trinajstić information content (AvgIpc) is 2.45. The smallest absolute Gasteiger partial charge is 0.224 e. The topological polar surface area (TPSA) is 80.3 Å². The zero-order chi connectivity index (χ0) is 19.0. The van der Waals surface area contributed by atoms with Gasteiger partial charge < -0.3 is 0 Å². The van der Waals surface area contributed by atoms with Gasteiger partial charge in [0.25, 0.3) is 0 Å². The summed E-state index contributed by atoms with van der Waals surface area (Å²) in [6, 6.07) is 2.67. The Kier molecular flexibility index (Phi) is 5.92. The van der Waals surface area contributed by atoms with E-state index in [0.29, 0.717) is 6.42 Å². The molecule has 0 radical (unpaired) electrons. The highest BCUT2D eigenvalue weighted by atomic mass is 79.9. The Balaban J connectivity index is 2.28. The minimum atomic E-state index is -4.36. The van der Waals surface area contributed by atoms with Crippen molar-refractivity contribution in [2.75, 3.05) is 6.26 Å². The second-order valence-electron chi connectivity index (χ2n) is 6.09. The van der Waals surface area contributed by atoms with E-state index >= 15 is 0 Å². The lowest BCUT2D eigenvalue weighted by Crippen LogP contribution is -2.41. The van der Waals surface area contributed by atoms with Gasteiger partial charge in [-0.1, -0.05) is 6.42 Å². The molecule has 0 bridgehead atoms. The summed E-state index contributed by atoms with van der Waals surface area (Å²) in [5.74, 6) is -1.54. The molecule has 0 heterocycles. The molecule has 11 heteroatoms. The second-order valence-corrected chi connectivity index (χ2v) is 10.6. The predicted octanol–water partition coefficient (Wildman–Crippen LogP) is 3.25. The van der Waals surface area contributed by atoms with Crippen molar-refractivity contribution >= 4 is 35.8 Å². The highest BCUT2D eigenvalue weighted by Gasteiger charge is 2.43. The number of halogens is 4. The van der Waals surface area contributed by atoms with E-state index in [2.05, 4.69) is 20.7 Å². The van der Waals surface area contributed by atoms with Gasteiger partial charge >= 0.3 is 6.18 Å². The first-order valence-electron chi connectivity index (χ1n) is 7.39. The molecule has 1 aromatic rings. The lowest BCUT2D eigenvalue weighted by molar-refractivity contribution is -0.183. The molecule has 2 atom stereocenters. The van der Waals surface area contributed by atoms with Crippen LogP contribution in [0.15, 0.2) is 32.5 Å². The maximum atomic E-state index is 12.9. The standard InChI is InChI=1S/C14H17BrF3NO4S2/c1-24(20,21)11-5-6-12(15)13(8-11)25(22,23)19-10-4-2-3-9(7-10)14(16,17)18/h5-6,8-10,19H,2-4,7H2,1H3. The predicted molar refractivity (Wildman–Crippen MR) is 89.4 cm³/mol. The van der Waals surface area contributed by atoms with E-state index in [-0.39, 0.29) is 33.5 Å². The Morgan fingerprint density at radius 3 is 2.36 bits per heavy atom. The van der Waals surface area contributed by atoms with Crippen LogP contribution in [-0.4, -0.2) is 35.3 Å². The zero-order valence-corrected chi connectivity index (χ0v) is 16.4. The van der Waals surface area contributed by atoms with Gasteiger partial charge in [-0.05, 0) is 53.4 Å². The molecule has 2 rings (SSSR count). The molecule has 1 aromatic carbocycles. The molecule has 0 aliphatic heterocycles. The Hall–Kier alpha value is -0.650. The molecule has 0 aromatic heterocycles. The molecule has 1 saturated carbocycles. The van der Waals surface area contributed by atoms with Gasteiger partial charge in [-0.25, -0.2) is 21.6 Å². The normalized spacial score (nSPS) is 22.8. The summed E-state index contributed by atoms with van der Waals surface area (Å²) in [5, 5.41) is 0. The zero-order valence-electron chi connectivity index (χ0n) is 13.2. The molecule has 2 unspecified atom stereocenters. The van der Waals surface area contributed by atoms with Gasteiger partial charge in [-0.2, -0.15) is 13.2 Å². The van der Waals surface area contributed by atoms with Crippen molar-refractivity contribution in [2.24, 2.45) is 5.92 Å². The molecule has 5 nitrogen and oxygen atoms in total.